The molecule has 0 fully saturated rings. The summed E-state index contributed by atoms with van der Waals surface area (Å²) in [4.78, 5) is 15.2. The number of halogens is 1. The minimum Gasteiger partial charge on any atom is -0.370 e. The average Bonchev–Trinajstić information content (AvgIpc) is 2.34. The van der Waals surface area contributed by atoms with E-state index in [1.807, 2.05) is 14.1 Å². The van der Waals surface area contributed by atoms with E-state index in [-0.39, 0.29) is 5.56 Å². The molecule has 1 aromatic rings. The van der Waals surface area contributed by atoms with Gasteiger partial charge in [-0.15, -0.1) is 0 Å². The van der Waals surface area contributed by atoms with E-state index >= 15 is 0 Å². The Balaban J connectivity index is 2.97. The zero-order valence-corrected chi connectivity index (χ0v) is 11.3. The lowest BCUT2D eigenvalue weighted by atomic mass is 10.1. The van der Waals surface area contributed by atoms with Gasteiger partial charge < -0.3 is 9.80 Å². The van der Waals surface area contributed by atoms with Crippen molar-refractivity contribution in [3.63, 3.8) is 0 Å². The summed E-state index contributed by atoms with van der Waals surface area (Å²) in [6.45, 7) is 4.54. The molecule has 0 aliphatic carbocycles. The van der Waals surface area contributed by atoms with Crippen LogP contribution in [-0.2, 0) is 0 Å². The monoisotopic (exact) mass is 252 g/mol. The van der Waals surface area contributed by atoms with Crippen LogP contribution in [-0.4, -0.2) is 44.9 Å². The second kappa shape index (κ2) is 7.11. The van der Waals surface area contributed by atoms with Crippen molar-refractivity contribution in [3.05, 3.63) is 29.6 Å². The number of benzene rings is 1. The highest BCUT2D eigenvalue weighted by atomic mass is 19.1. The number of nitrogens with zero attached hydrogens (tertiary/aromatic N) is 2. The van der Waals surface area contributed by atoms with Crippen LogP contribution in [0.2, 0.25) is 0 Å². The van der Waals surface area contributed by atoms with Crippen molar-refractivity contribution < 1.29 is 9.18 Å². The van der Waals surface area contributed by atoms with E-state index in [1.165, 1.54) is 6.07 Å². The van der Waals surface area contributed by atoms with E-state index < -0.39 is 5.82 Å². The lowest BCUT2D eigenvalue weighted by molar-refractivity contribution is 0.112. The summed E-state index contributed by atoms with van der Waals surface area (Å²) >= 11 is 0. The number of rotatable bonds is 7. The summed E-state index contributed by atoms with van der Waals surface area (Å²) in [5, 5.41) is 0. The van der Waals surface area contributed by atoms with Crippen molar-refractivity contribution in [2.24, 2.45) is 0 Å². The van der Waals surface area contributed by atoms with Crippen LogP contribution in [0.3, 0.4) is 0 Å². The lowest BCUT2D eigenvalue weighted by Gasteiger charge is -2.27. The molecule has 0 amide bonds. The predicted molar refractivity (Wildman–Crippen MR) is 72.8 cm³/mol. The summed E-state index contributed by atoms with van der Waals surface area (Å²) < 4.78 is 13.6. The topological polar surface area (TPSA) is 23.6 Å². The molecule has 0 heterocycles. The third-order valence-electron chi connectivity index (χ3n) is 2.80. The number of carbonyl (C=O) groups excluding carboxylic acids is 1. The first kappa shape index (κ1) is 14.6. The number of anilines is 1. The first-order valence-electron chi connectivity index (χ1n) is 6.23. The smallest absolute Gasteiger partial charge is 0.155 e. The first-order valence-corrected chi connectivity index (χ1v) is 6.23. The van der Waals surface area contributed by atoms with Crippen LogP contribution in [0.15, 0.2) is 18.2 Å². The highest BCUT2D eigenvalue weighted by molar-refractivity contribution is 5.85. The van der Waals surface area contributed by atoms with Crippen molar-refractivity contribution in [3.8, 4) is 0 Å². The molecule has 0 bridgehead atoms. The number of carbonyl (C=O) groups is 1. The molecule has 18 heavy (non-hydrogen) atoms. The van der Waals surface area contributed by atoms with Gasteiger partial charge in [-0.3, -0.25) is 4.79 Å². The molecule has 0 aromatic heterocycles. The van der Waals surface area contributed by atoms with Crippen LogP contribution in [0.25, 0.3) is 0 Å². The molecule has 0 aliphatic rings. The molecule has 0 saturated heterocycles. The number of likely N-dealkylation sites (N-methyl/N-ethyl adjacent to an activating group) is 1. The van der Waals surface area contributed by atoms with Gasteiger partial charge in [0.1, 0.15) is 5.82 Å². The second-order valence-electron chi connectivity index (χ2n) is 4.58. The van der Waals surface area contributed by atoms with Gasteiger partial charge in [-0.05, 0) is 32.6 Å². The Morgan fingerprint density at radius 3 is 2.50 bits per heavy atom. The molecular formula is C14H21FN2O. The number of hydrogen-bond acceptors (Lipinski definition) is 3. The minimum absolute atomic E-state index is 0.157. The predicted octanol–water partition coefficient (Wildman–Crippen LogP) is 2.42. The van der Waals surface area contributed by atoms with Crippen LogP contribution in [0.5, 0.6) is 0 Å². The Bertz CT molecular complexity index is 393. The van der Waals surface area contributed by atoms with Gasteiger partial charge in [0.25, 0.3) is 0 Å². The van der Waals surface area contributed by atoms with Gasteiger partial charge in [-0.2, -0.15) is 0 Å². The van der Waals surface area contributed by atoms with Crippen molar-refractivity contribution in [1.82, 2.24) is 4.90 Å². The fraction of sp³-hybridized carbons (Fsp3) is 0.500. The van der Waals surface area contributed by atoms with Crippen LogP contribution in [0, 0.1) is 5.82 Å². The van der Waals surface area contributed by atoms with Crippen molar-refractivity contribution in [1.29, 1.82) is 0 Å². The summed E-state index contributed by atoms with van der Waals surface area (Å²) in [5.74, 6) is -0.451. The maximum atomic E-state index is 13.6. The van der Waals surface area contributed by atoms with Crippen molar-refractivity contribution >= 4 is 12.0 Å². The van der Waals surface area contributed by atoms with Gasteiger partial charge in [-0.25, -0.2) is 4.39 Å². The summed E-state index contributed by atoms with van der Waals surface area (Å²) in [6.07, 6.45) is 1.56. The molecular weight excluding hydrogens is 231 g/mol. The van der Waals surface area contributed by atoms with E-state index in [1.54, 1.807) is 12.1 Å². The molecule has 0 unspecified atom stereocenters. The first-order chi connectivity index (χ1) is 8.60. The Labute approximate surface area is 108 Å². The fourth-order valence-corrected chi connectivity index (χ4v) is 1.86. The van der Waals surface area contributed by atoms with Crippen LogP contribution < -0.4 is 4.90 Å². The van der Waals surface area contributed by atoms with E-state index in [0.29, 0.717) is 12.0 Å². The van der Waals surface area contributed by atoms with Gasteiger partial charge in [-0.1, -0.05) is 13.0 Å². The van der Waals surface area contributed by atoms with Crippen LogP contribution in [0.1, 0.15) is 23.7 Å². The minimum atomic E-state index is -0.451. The quantitative estimate of drug-likeness (QED) is 0.696. The molecule has 0 N–H and O–H groups in total. The van der Waals surface area contributed by atoms with Gasteiger partial charge >= 0.3 is 0 Å². The molecule has 4 heteroatoms. The standard InChI is InChI=1S/C14H21FN2O/c1-4-8-17(10-9-16(2)3)14-7-5-6-13(15)12(14)11-18/h5-7,11H,4,8-10H2,1-3H3. The van der Waals surface area contributed by atoms with Crippen LogP contribution >= 0.6 is 0 Å². The van der Waals surface area contributed by atoms with Gasteiger partial charge in [0, 0.05) is 19.6 Å². The zero-order chi connectivity index (χ0) is 13.5. The van der Waals surface area contributed by atoms with Crippen molar-refractivity contribution in [2.75, 3.05) is 38.6 Å². The maximum absolute atomic E-state index is 13.6. The van der Waals surface area contributed by atoms with E-state index in [0.717, 1.165) is 26.1 Å². The molecule has 0 radical (unpaired) electrons. The Morgan fingerprint density at radius 1 is 1.22 bits per heavy atom. The number of hydrogen-bond donors (Lipinski definition) is 0. The van der Waals surface area contributed by atoms with E-state index in [4.69, 9.17) is 0 Å². The third-order valence-corrected chi connectivity index (χ3v) is 2.80. The Hall–Kier alpha value is -1.42. The van der Waals surface area contributed by atoms with Crippen LogP contribution in [0.4, 0.5) is 10.1 Å². The molecule has 0 saturated carbocycles. The Morgan fingerprint density at radius 2 is 1.94 bits per heavy atom. The van der Waals surface area contributed by atoms with E-state index in [9.17, 15) is 9.18 Å². The zero-order valence-electron chi connectivity index (χ0n) is 11.3. The second-order valence-corrected chi connectivity index (χ2v) is 4.58. The average molecular weight is 252 g/mol. The maximum Gasteiger partial charge on any atom is 0.155 e. The van der Waals surface area contributed by atoms with E-state index in [2.05, 4.69) is 16.7 Å². The molecule has 1 rings (SSSR count). The number of aldehydes is 1. The van der Waals surface area contributed by atoms with Gasteiger partial charge in [0.15, 0.2) is 6.29 Å². The van der Waals surface area contributed by atoms with Crippen molar-refractivity contribution in [2.45, 2.75) is 13.3 Å². The Kier molecular flexibility index (Phi) is 5.78. The summed E-state index contributed by atoms with van der Waals surface area (Å²) in [7, 11) is 3.99. The van der Waals surface area contributed by atoms with Gasteiger partial charge in [0.2, 0.25) is 0 Å². The highest BCUT2D eigenvalue weighted by Crippen LogP contribution is 2.21. The third kappa shape index (κ3) is 3.81. The normalized spacial score (nSPS) is 10.7. The molecule has 0 aliphatic heterocycles. The summed E-state index contributed by atoms with van der Waals surface area (Å²) in [5.41, 5.74) is 0.846. The summed E-state index contributed by atoms with van der Waals surface area (Å²) in [6, 6.07) is 4.78. The fourth-order valence-electron chi connectivity index (χ4n) is 1.86. The lowest BCUT2D eigenvalue weighted by Crippen LogP contribution is -2.33. The SMILES string of the molecule is CCCN(CCN(C)C)c1cccc(F)c1C=O. The molecule has 3 nitrogen and oxygen atoms in total. The molecule has 100 valence electrons. The molecule has 1 aromatic carbocycles. The van der Waals surface area contributed by atoms with Gasteiger partial charge in [0.05, 0.1) is 11.3 Å². The molecule has 0 spiro atoms. The largest absolute Gasteiger partial charge is 0.370 e. The molecule has 0 atom stereocenters. The highest BCUT2D eigenvalue weighted by Gasteiger charge is 2.13.